The zero-order chi connectivity index (χ0) is 15.9. The number of carboxylic acid groups (broad SMARTS) is 1. The van der Waals surface area contributed by atoms with Crippen LogP contribution in [0.3, 0.4) is 0 Å². The Bertz CT molecular complexity index is 489. The molecule has 0 aromatic carbocycles. The maximum atomic E-state index is 10.6. The van der Waals surface area contributed by atoms with Gasteiger partial charge in [-0.3, -0.25) is 4.99 Å². The van der Waals surface area contributed by atoms with Gasteiger partial charge in [-0.2, -0.15) is 18.2 Å². The van der Waals surface area contributed by atoms with E-state index in [4.69, 9.17) is 19.2 Å². The molecule has 1 aromatic heterocycles. The Balaban J connectivity index is 0.000000270. The summed E-state index contributed by atoms with van der Waals surface area (Å²) in [5.41, 5.74) is 0. The number of hydrogen-bond donors (Lipinski definition) is 2. The zero-order valence-corrected chi connectivity index (χ0v) is 10.9. The van der Waals surface area contributed by atoms with Gasteiger partial charge in [0.1, 0.15) is 6.61 Å². The maximum Gasteiger partial charge on any atom is 0.490 e. The zero-order valence-electron chi connectivity index (χ0n) is 10.9. The van der Waals surface area contributed by atoms with Crippen molar-refractivity contribution >= 4 is 12.3 Å². The van der Waals surface area contributed by atoms with Crippen LogP contribution >= 0.6 is 0 Å². The molecular formula is C10H13F3N4O4. The van der Waals surface area contributed by atoms with Gasteiger partial charge in [-0.25, -0.2) is 4.79 Å². The highest BCUT2D eigenvalue weighted by Gasteiger charge is 2.38. The molecule has 2 rings (SSSR count). The van der Waals surface area contributed by atoms with Crippen molar-refractivity contribution in [3.8, 4) is 0 Å². The summed E-state index contributed by atoms with van der Waals surface area (Å²) in [4.78, 5) is 17.2. The molecule has 21 heavy (non-hydrogen) atoms. The Labute approximate surface area is 117 Å². The SMILES string of the molecule is COCc1noc(C2CN=CNC2)n1.O=C(O)C(F)(F)F. The van der Waals surface area contributed by atoms with Crippen molar-refractivity contribution in [3.63, 3.8) is 0 Å². The molecule has 1 aromatic rings. The highest BCUT2D eigenvalue weighted by molar-refractivity contribution is 5.73. The molecule has 0 saturated heterocycles. The average molecular weight is 310 g/mol. The van der Waals surface area contributed by atoms with E-state index in [-0.39, 0.29) is 5.92 Å². The molecule has 0 saturated carbocycles. The van der Waals surface area contributed by atoms with Crippen LogP contribution in [0.15, 0.2) is 9.52 Å². The van der Waals surface area contributed by atoms with Crippen LogP contribution in [0.5, 0.6) is 0 Å². The monoisotopic (exact) mass is 310 g/mol. The van der Waals surface area contributed by atoms with E-state index in [2.05, 4.69) is 20.4 Å². The van der Waals surface area contributed by atoms with Crippen molar-refractivity contribution in [3.05, 3.63) is 11.7 Å². The largest absolute Gasteiger partial charge is 0.490 e. The van der Waals surface area contributed by atoms with E-state index in [0.29, 0.717) is 24.9 Å². The number of aromatic nitrogens is 2. The van der Waals surface area contributed by atoms with Gasteiger partial charge < -0.3 is 19.7 Å². The van der Waals surface area contributed by atoms with Crippen molar-refractivity contribution in [1.82, 2.24) is 15.5 Å². The summed E-state index contributed by atoms with van der Waals surface area (Å²) in [6, 6.07) is 0. The Kier molecular flexibility index (Phi) is 6.09. The summed E-state index contributed by atoms with van der Waals surface area (Å²) >= 11 is 0. The van der Waals surface area contributed by atoms with Crippen molar-refractivity contribution in [1.29, 1.82) is 0 Å². The molecule has 8 nitrogen and oxygen atoms in total. The number of nitrogens with one attached hydrogen (secondary N) is 1. The van der Waals surface area contributed by atoms with Crippen molar-refractivity contribution in [2.45, 2.75) is 18.7 Å². The molecule has 0 amide bonds. The Hall–Kier alpha value is -2.17. The number of aliphatic carboxylic acids is 1. The number of hydrogen-bond acceptors (Lipinski definition) is 7. The van der Waals surface area contributed by atoms with Crippen molar-refractivity contribution in [2.24, 2.45) is 4.99 Å². The van der Waals surface area contributed by atoms with Gasteiger partial charge in [0.25, 0.3) is 0 Å². The number of nitrogens with zero attached hydrogens (tertiary/aromatic N) is 3. The summed E-state index contributed by atoms with van der Waals surface area (Å²) in [5.74, 6) is -1.37. The van der Waals surface area contributed by atoms with Gasteiger partial charge in [0, 0.05) is 13.7 Å². The fraction of sp³-hybridized carbons (Fsp3) is 0.600. The third-order valence-electron chi connectivity index (χ3n) is 2.22. The predicted octanol–water partition coefficient (Wildman–Crippen LogP) is 0.564. The minimum Gasteiger partial charge on any atom is -0.475 e. The van der Waals surface area contributed by atoms with Crippen LogP contribution in [0.4, 0.5) is 13.2 Å². The predicted molar refractivity (Wildman–Crippen MR) is 62.8 cm³/mol. The molecule has 1 aliphatic heterocycles. The highest BCUT2D eigenvalue weighted by Crippen LogP contribution is 2.15. The number of rotatable bonds is 3. The van der Waals surface area contributed by atoms with Gasteiger partial charge in [0.2, 0.25) is 5.89 Å². The highest BCUT2D eigenvalue weighted by atomic mass is 19.4. The van der Waals surface area contributed by atoms with Gasteiger partial charge in [0.15, 0.2) is 5.82 Å². The first-order chi connectivity index (χ1) is 9.84. The first kappa shape index (κ1) is 16.9. The molecule has 1 aliphatic rings. The number of halogens is 3. The van der Waals surface area contributed by atoms with E-state index in [1.54, 1.807) is 13.4 Å². The lowest BCUT2D eigenvalue weighted by Crippen LogP contribution is -2.27. The molecule has 0 bridgehead atoms. The van der Waals surface area contributed by atoms with Gasteiger partial charge >= 0.3 is 12.1 Å². The molecule has 0 spiro atoms. The lowest BCUT2D eigenvalue weighted by molar-refractivity contribution is -0.192. The summed E-state index contributed by atoms with van der Waals surface area (Å²) < 4.78 is 41.7. The molecule has 0 fully saturated rings. The molecule has 1 atom stereocenters. The van der Waals surface area contributed by atoms with E-state index in [1.165, 1.54) is 0 Å². The van der Waals surface area contributed by atoms with Crippen LogP contribution in [0, 0.1) is 0 Å². The fourth-order valence-electron chi connectivity index (χ4n) is 1.29. The third kappa shape index (κ3) is 5.77. The fourth-order valence-corrected chi connectivity index (χ4v) is 1.29. The number of ether oxygens (including phenoxy) is 1. The number of carboxylic acids is 1. The van der Waals surface area contributed by atoms with Crippen LogP contribution in [0.1, 0.15) is 17.6 Å². The molecule has 2 N–H and O–H groups in total. The standard InChI is InChI=1S/C8H12N4O2.C2HF3O2/c1-13-4-7-11-8(14-12-7)6-2-9-5-10-3-6;3-2(4,5)1(6)7/h5-6H,2-4H2,1H3,(H,9,10);(H,6,7). The minimum absolute atomic E-state index is 0.179. The summed E-state index contributed by atoms with van der Waals surface area (Å²) in [6.07, 6.45) is -3.39. The van der Waals surface area contributed by atoms with Gasteiger partial charge in [-0.15, -0.1) is 0 Å². The van der Waals surface area contributed by atoms with E-state index in [0.717, 1.165) is 6.54 Å². The van der Waals surface area contributed by atoms with Crippen LogP contribution in [0.2, 0.25) is 0 Å². The summed E-state index contributed by atoms with van der Waals surface area (Å²) in [6.45, 7) is 1.87. The van der Waals surface area contributed by atoms with Gasteiger partial charge in [-0.1, -0.05) is 5.16 Å². The topological polar surface area (TPSA) is 110 Å². The second kappa shape index (κ2) is 7.57. The Morgan fingerprint density at radius 2 is 2.29 bits per heavy atom. The Morgan fingerprint density at radius 3 is 2.76 bits per heavy atom. The molecule has 2 heterocycles. The second-order valence-corrected chi connectivity index (χ2v) is 3.88. The lowest BCUT2D eigenvalue weighted by Gasteiger charge is -2.13. The average Bonchev–Trinajstić information content (AvgIpc) is 2.88. The third-order valence-corrected chi connectivity index (χ3v) is 2.22. The van der Waals surface area contributed by atoms with Crippen LogP contribution < -0.4 is 5.32 Å². The number of methoxy groups -OCH3 is 1. The van der Waals surface area contributed by atoms with E-state index in [9.17, 15) is 13.2 Å². The molecule has 0 aliphatic carbocycles. The smallest absolute Gasteiger partial charge is 0.475 e. The normalized spacial score (nSPS) is 17.6. The molecular weight excluding hydrogens is 297 g/mol. The van der Waals surface area contributed by atoms with Crippen LogP contribution in [0.25, 0.3) is 0 Å². The molecule has 11 heteroatoms. The van der Waals surface area contributed by atoms with Crippen molar-refractivity contribution in [2.75, 3.05) is 20.2 Å². The van der Waals surface area contributed by atoms with E-state index < -0.39 is 12.1 Å². The number of alkyl halides is 3. The maximum absolute atomic E-state index is 10.6. The second-order valence-electron chi connectivity index (χ2n) is 3.88. The molecule has 0 radical (unpaired) electrons. The van der Waals surface area contributed by atoms with Gasteiger partial charge in [-0.05, 0) is 0 Å². The molecule has 1 unspecified atom stereocenters. The summed E-state index contributed by atoms with van der Waals surface area (Å²) in [5, 5.41) is 13.9. The van der Waals surface area contributed by atoms with Crippen LogP contribution in [-0.2, 0) is 16.1 Å². The Morgan fingerprint density at radius 1 is 1.62 bits per heavy atom. The lowest BCUT2D eigenvalue weighted by atomic mass is 10.1. The molecule has 118 valence electrons. The number of aliphatic imine (C=N–C) groups is 1. The first-order valence-electron chi connectivity index (χ1n) is 5.67. The van der Waals surface area contributed by atoms with E-state index >= 15 is 0 Å². The van der Waals surface area contributed by atoms with Gasteiger partial charge in [0.05, 0.1) is 18.8 Å². The van der Waals surface area contributed by atoms with E-state index in [1.807, 2.05) is 0 Å². The minimum atomic E-state index is -5.08. The van der Waals surface area contributed by atoms with Crippen molar-refractivity contribution < 1.29 is 32.3 Å². The summed E-state index contributed by atoms with van der Waals surface area (Å²) in [7, 11) is 1.60. The van der Waals surface area contributed by atoms with Crippen LogP contribution in [-0.4, -0.2) is 53.9 Å². The quantitative estimate of drug-likeness (QED) is 0.839. The first-order valence-corrected chi connectivity index (χ1v) is 5.67. The number of carbonyl (C=O) groups is 1.